The maximum atomic E-state index is 13.7. The summed E-state index contributed by atoms with van der Waals surface area (Å²) in [4.78, 5) is 12.5. The molecule has 0 atom stereocenters. The Balaban J connectivity index is 1.35. The summed E-state index contributed by atoms with van der Waals surface area (Å²) in [5.74, 6) is 0.867. The van der Waals surface area contributed by atoms with E-state index in [-0.39, 0.29) is 22.1 Å². The van der Waals surface area contributed by atoms with Gasteiger partial charge in [0.05, 0.1) is 5.69 Å². The van der Waals surface area contributed by atoms with E-state index in [4.69, 9.17) is 12.2 Å². The van der Waals surface area contributed by atoms with Crippen molar-refractivity contribution in [1.29, 1.82) is 0 Å². The highest BCUT2D eigenvalue weighted by atomic mass is 32.1. The van der Waals surface area contributed by atoms with Crippen LogP contribution >= 0.6 is 12.2 Å². The van der Waals surface area contributed by atoms with Crippen LogP contribution in [0.4, 0.5) is 14.5 Å². The molecular formula is C19H22F2N2OS. The van der Waals surface area contributed by atoms with Crippen LogP contribution < -0.4 is 10.6 Å². The van der Waals surface area contributed by atoms with Gasteiger partial charge in [0.1, 0.15) is 11.6 Å². The van der Waals surface area contributed by atoms with Crippen LogP contribution in [0.1, 0.15) is 44.9 Å². The summed E-state index contributed by atoms with van der Waals surface area (Å²) in [7, 11) is 0. The van der Waals surface area contributed by atoms with Crippen LogP contribution in [-0.2, 0) is 4.79 Å². The molecule has 25 heavy (non-hydrogen) atoms. The van der Waals surface area contributed by atoms with Crippen molar-refractivity contribution >= 4 is 28.9 Å². The summed E-state index contributed by atoms with van der Waals surface area (Å²) in [5.41, 5.74) is 0.191. The lowest BCUT2D eigenvalue weighted by Crippen LogP contribution is -2.48. The number of benzene rings is 1. The maximum absolute atomic E-state index is 13.7. The second kappa shape index (κ2) is 6.31. The van der Waals surface area contributed by atoms with E-state index in [2.05, 4.69) is 10.6 Å². The molecule has 0 radical (unpaired) electrons. The number of hydrogen-bond donors (Lipinski definition) is 2. The summed E-state index contributed by atoms with van der Waals surface area (Å²) in [6.07, 6.45) is 7.96. The molecule has 4 aliphatic carbocycles. The lowest BCUT2D eigenvalue weighted by Gasteiger charge is -2.56. The number of halogens is 2. The fourth-order valence-electron chi connectivity index (χ4n) is 5.76. The normalized spacial score (nSPS) is 32.5. The van der Waals surface area contributed by atoms with Gasteiger partial charge in [-0.25, -0.2) is 8.78 Å². The molecule has 0 aliphatic heterocycles. The molecule has 1 aromatic rings. The van der Waals surface area contributed by atoms with E-state index >= 15 is 0 Å². The van der Waals surface area contributed by atoms with Crippen molar-refractivity contribution in [3.8, 4) is 0 Å². The van der Waals surface area contributed by atoms with Crippen LogP contribution in [0, 0.1) is 34.8 Å². The van der Waals surface area contributed by atoms with Crippen LogP contribution in [0.3, 0.4) is 0 Å². The zero-order valence-electron chi connectivity index (χ0n) is 14.0. The van der Waals surface area contributed by atoms with Crippen molar-refractivity contribution < 1.29 is 13.6 Å². The Bertz CT molecular complexity index is 686. The third-order valence-corrected chi connectivity index (χ3v) is 6.34. The van der Waals surface area contributed by atoms with Gasteiger partial charge in [0, 0.05) is 12.5 Å². The number of nitrogens with one attached hydrogen (secondary N) is 2. The first kappa shape index (κ1) is 16.9. The van der Waals surface area contributed by atoms with Gasteiger partial charge in [-0.05, 0) is 86.0 Å². The Hall–Kier alpha value is -1.56. The molecule has 4 saturated carbocycles. The average molecular weight is 364 g/mol. The Kier molecular flexibility index (Phi) is 4.26. The van der Waals surface area contributed by atoms with Crippen molar-refractivity contribution in [1.82, 2.24) is 5.32 Å². The van der Waals surface area contributed by atoms with E-state index in [9.17, 15) is 13.6 Å². The van der Waals surface area contributed by atoms with E-state index in [0.29, 0.717) is 6.42 Å². The third kappa shape index (κ3) is 3.54. The number of carbonyl (C=O) groups excluding carboxylic acids is 1. The standard InChI is InChI=1S/C19H22F2N2OS/c20-14-1-2-16(15(21)6-14)22-18(25)23-17(24)10-19-7-11-3-12(8-19)5-13(4-11)9-19/h1-2,6,11-13H,3-5,7-10H2,(H2,22,23,24,25). The van der Waals surface area contributed by atoms with Crippen molar-refractivity contribution in [2.45, 2.75) is 44.9 Å². The lowest BCUT2D eigenvalue weighted by atomic mass is 9.49. The number of amides is 1. The summed E-state index contributed by atoms with van der Waals surface area (Å²) < 4.78 is 26.6. The van der Waals surface area contributed by atoms with Crippen LogP contribution in [0.25, 0.3) is 0 Å². The van der Waals surface area contributed by atoms with E-state index < -0.39 is 11.6 Å². The first-order valence-electron chi connectivity index (χ1n) is 8.97. The van der Waals surface area contributed by atoms with Gasteiger partial charge in [0.2, 0.25) is 5.91 Å². The highest BCUT2D eigenvalue weighted by Gasteiger charge is 2.51. The van der Waals surface area contributed by atoms with Gasteiger partial charge in [-0.3, -0.25) is 4.79 Å². The summed E-state index contributed by atoms with van der Waals surface area (Å²) in [5, 5.41) is 5.36. The SMILES string of the molecule is O=C(CC12CC3CC(CC(C3)C1)C2)NC(=S)Nc1ccc(F)cc1F. The predicted molar refractivity (Wildman–Crippen MR) is 95.9 cm³/mol. The van der Waals surface area contributed by atoms with E-state index in [1.807, 2.05) is 0 Å². The molecule has 0 aromatic heterocycles. The van der Waals surface area contributed by atoms with Gasteiger partial charge in [-0.15, -0.1) is 0 Å². The Morgan fingerprint density at radius 3 is 2.28 bits per heavy atom. The van der Waals surface area contributed by atoms with E-state index in [1.165, 1.54) is 25.3 Å². The second-order valence-electron chi connectivity index (χ2n) is 8.22. The van der Waals surface area contributed by atoms with E-state index in [0.717, 1.165) is 49.1 Å². The molecule has 1 aromatic carbocycles. The second-order valence-corrected chi connectivity index (χ2v) is 8.63. The van der Waals surface area contributed by atoms with E-state index in [1.54, 1.807) is 0 Å². The highest BCUT2D eigenvalue weighted by molar-refractivity contribution is 7.80. The Labute approximate surface area is 151 Å². The number of hydrogen-bond acceptors (Lipinski definition) is 2. The topological polar surface area (TPSA) is 41.1 Å². The minimum absolute atomic E-state index is 0.0558. The quantitative estimate of drug-likeness (QED) is 0.782. The molecule has 5 rings (SSSR count). The van der Waals surface area contributed by atoms with Crippen LogP contribution in [0.2, 0.25) is 0 Å². The third-order valence-electron chi connectivity index (χ3n) is 6.13. The smallest absolute Gasteiger partial charge is 0.226 e. The molecule has 4 aliphatic rings. The number of anilines is 1. The molecule has 4 fully saturated rings. The first-order chi connectivity index (χ1) is 11.9. The molecule has 3 nitrogen and oxygen atoms in total. The van der Waals surface area contributed by atoms with Gasteiger partial charge in [0.15, 0.2) is 5.11 Å². The fourth-order valence-corrected chi connectivity index (χ4v) is 5.99. The van der Waals surface area contributed by atoms with Crippen LogP contribution in [0.5, 0.6) is 0 Å². The number of thiocarbonyl (C=S) groups is 1. The van der Waals surface area contributed by atoms with Gasteiger partial charge >= 0.3 is 0 Å². The summed E-state index contributed by atoms with van der Waals surface area (Å²) in [6.45, 7) is 0. The zero-order valence-corrected chi connectivity index (χ0v) is 14.8. The van der Waals surface area contributed by atoms with Crippen molar-refractivity contribution in [3.05, 3.63) is 29.8 Å². The molecule has 2 N–H and O–H groups in total. The van der Waals surface area contributed by atoms with Crippen LogP contribution in [0.15, 0.2) is 18.2 Å². The molecule has 0 spiro atoms. The Morgan fingerprint density at radius 1 is 1.12 bits per heavy atom. The van der Waals surface area contributed by atoms with Crippen molar-refractivity contribution in [2.24, 2.45) is 23.2 Å². The zero-order chi connectivity index (χ0) is 17.6. The average Bonchev–Trinajstić information content (AvgIpc) is 2.47. The maximum Gasteiger partial charge on any atom is 0.226 e. The Morgan fingerprint density at radius 2 is 1.72 bits per heavy atom. The number of rotatable bonds is 3. The molecular weight excluding hydrogens is 342 g/mol. The van der Waals surface area contributed by atoms with Crippen molar-refractivity contribution in [2.75, 3.05) is 5.32 Å². The molecule has 6 heteroatoms. The minimum Gasteiger partial charge on any atom is -0.330 e. The molecule has 0 saturated heterocycles. The number of carbonyl (C=O) groups is 1. The van der Waals surface area contributed by atoms with Gasteiger partial charge in [0.25, 0.3) is 0 Å². The fraction of sp³-hybridized carbons (Fsp3) is 0.579. The monoisotopic (exact) mass is 364 g/mol. The minimum atomic E-state index is -0.738. The predicted octanol–water partition coefficient (Wildman–Crippen LogP) is 4.38. The molecule has 0 heterocycles. The van der Waals surface area contributed by atoms with Gasteiger partial charge < -0.3 is 10.6 Å². The summed E-state index contributed by atoms with van der Waals surface area (Å²) in [6, 6.07) is 3.19. The van der Waals surface area contributed by atoms with Crippen molar-refractivity contribution in [3.63, 3.8) is 0 Å². The summed E-state index contributed by atoms with van der Waals surface area (Å²) >= 11 is 5.11. The molecule has 4 bridgehead atoms. The molecule has 1 amide bonds. The van der Waals surface area contributed by atoms with Crippen LogP contribution in [-0.4, -0.2) is 11.0 Å². The molecule has 0 unspecified atom stereocenters. The lowest BCUT2D eigenvalue weighted by molar-refractivity contribution is -0.127. The van der Waals surface area contributed by atoms with Gasteiger partial charge in [-0.1, -0.05) is 0 Å². The highest BCUT2D eigenvalue weighted by Crippen LogP contribution is 2.61. The largest absolute Gasteiger partial charge is 0.330 e. The first-order valence-corrected chi connectivity index (χ1v) is 9.37. The van der Waals surface area contributed by atoms with Gasteiger partial charge in [-0.2, -0.15) is 0 Å². The molecule has 134 valence electrons.